The first kappa shape index (κ1) is 20.9. The number of aromatic hydroxyl groups is 1. The molecule has 150 valence electrons. The van der Waals surface area contributed by atoms with Crippen LogP contribution >= 0.6 is 27.7 Å². The van der Waals surface area contributed by atoms with E-state index >= 15 is 0 Å². The van der Waals surface area contributed by atoms with Crippen LogP contribution in [0.2, 0.25) is 0 Å². The Morgan fingerprint density at radius 1 is 1.28 bits per heavy atom. The zero-order valence-electron chi connectivity index (χ0n) is 15.6. The maximum Gasteiger partial charge on any atom is 0.294 e. The van der Waals surface area contributed by atoms with Gasteiger partial charge in [0.2, 0.25) is 5.91 Å². The fourth-order valence-electron chi connectivity index (χ4n) is 2.59. The van der Waals surface area contributed by atoms with E-state index in [4.69, 9.17) is 4.74 Å². The molecule has 0 saturated carbocycles. The van der Waals surface area contributed by atoms with Crippen LogP contribution in [-0.4, -0.2) is 40.7 Å². The summed E-state index contributed by atoms with van der Waals surface area (Å²) in [5.74, 6) is -0.851. The van der Waals surface area contributed by atoms with E-state index < -0.39 is 17.1 Å². The van der Waals surface area contributed by atoms with Gasteiger partial charge in [-0.15, -0.1) is 0 Å². The molecule has 2 aromatic rings. The number of benzene rings is 2. The molecule has 29 heavy (non-hydrogen) atoms. The lowest BCUT2D eigenvalue weighted by Crippen LogP contribution is -2.36. The highest BCUT2D eigenvalue weighted by Gasteiger charge is 2.36. The zero-order chi connectivity index (χ0) is 21.1. The molecule has 1 heterocycles. The van der Waals surface area contributed by atoms with Crippen LogP contribution < -0.4 is 10.1 Å². The van der Waals surface area contributed by atoms with E-state index in [9.17, 15) is 19.5 Å². The van der Waals surface area contributed by atoms with Crippen LogP contribution in [0.1, 0.15) is 11.1 Å². The number of methoxy groups -OCH3 is 1. The Labute approximate surface area is 179 Å². The van der Waals surface area contributed by atoms with Crippen molar-refractivity contribution in [2.45, 2.75) is 6.92 Å². The number of imide groups is 1. The van der Waals surface area contributed by atoms with E-state index in [1.54, 1.807) is 12.1 Å². The van der Waals surface area contributed by atoms with Crippen molar-refractivity contribution in [3.63, 3.8) is 0 Å². The third kappa shape index (κ3) is 4.80. The van der Waals surface area contributed by atoms with Gasteiger partial charge in [-0.25, -0.2) is 0 Å². The molecule has 7 nitrogen and oxygen atoms in total. The van der Waals surface area contributed by atoms with Crippen LogP contribution in [0.4, 0.5) is 10.5 Å². The number of halogens is 1. The quantitative estimate of drug-likeness (QED) is 0.629. The number of amides is 3. The molecule has 0 radical (unpaired) electrons. The van der Waals surface area contributed by atoms with Gasteiger partial charge in [-0.1, -0.05) is 33.6 Å². The van der Waals surface area contributed by atoms with Crippen molar-refractivity contribution in [3.8, 4) is 11.5 Å². The minimum atomic E-state index is -0.557. The first-order chi connectivity index (χ1) is 13.8. The number of carbonyl (C=O) groups is 3. The molecule has 0 atom stereocenters. The van der Waals surface area contributed by atoms with Gasteiger partial charge in [-0.2, -0.15) is 0 Å². The van der Waals surface area contributed by atoms with Crippen molar-refractivity contribution >= 4 is 56.5 Å². The predicted molar refractivity (Wildman–Crippen MR) is 115 cm³/mol. The summed E-state index contributed by atoms with van der Waals surface area (Å²) in [5.41, 5.74) is 2.19. The van der Waals surface area contributed by atoms with Crippen LogP contribution in [0, 0.1) is 6.92 Å². The third-order valence-electron chi connectivity index (χ3n) is 4.10. The molecule has 1 saturated heterocycles. The molecule has 3 amide bonds. The summed E-state index contributed by atoms with van der Waals surface area (Å²) < 4.78 is 5.60. The molecule has 0 unspecified atom stereocenters. The Morgan fingerprint density at radius 2 is 1.97 bits per heavy atom. The number of thioether (sulfide) groups is 1. The molecular formula is C20H17BrN2O5S. The van der Waals surface area contributed by atoms with Crippen molar-refractivity contribution in [3.05, 3.63) is 56.9 Å². The lowest BCUT2D eigenvalue weighted by Gasteiger charge is -2.12. The second-order valence-corrected chi connectivity index (χ2v) is 8.08. The van der Waals surface area contributed by atoms with E-state index in [0.717, 1.165) is 22.2 Å². The van der Waals surface area contributed by atoms with Crippen molar-refractivity contribution in [2.75, 3.05) is 19.0 Å². The van der Waals surface area contributed by atoms with Gasteiger partial charge >= 0.3 is 0 Å². The first-order valence-corrected chi connectivity index (χ1v) is 10.1. The third-order valence-corrected chi connectivity index (χ3v) is 5.69. The summed E-state index contributed by atoms with van der Waals surface area (Å²) >= 11 is 4.05. The molecule has 3 rings (SSSR count). The summed E-state index contributed by atoms with van der Waals surface area (Å²) in [5, 5.41) is 11.9. The Kier molecular flexibility index (Phi) is 6.29. The molecule has 1 fully saturated rings. The Morgan fingerprint density at radius 3 is 2.62 bits per heavy atom. The fourth-order valence-corrected chi connectivity index (χ4v) is 3.87. The van der Waals surface area contributed by atoms with Crippen LogP contribution in [0.3, 0.4) is 0 Å². The number of rotatable bonds is 5. The maximum atomic E-state index is 12.6. The highest BCUT2D eigenvalue weighted by Crippen LogP contribution is 2.37. The van der Waals surface area contributed by atoms with E-state index in [-0.39, 0.29) is 22.9 Å². The number of carbonyl (C=O) groups excluding carboxylic acids is 3. The van der Waals surface area contributed by atoms with Gasteiger partial charge in [0.15, 0.2) is 11.5 Å². The molecular weight excluding hydrogens is 460 g/mol. The van der Waals surface area contributed by atoms with E-state index in [1.807, 2.05) is 19.1 Å². The largest absolute Gasteiger partial charge is 0.504 e. The van der Waals surface area contributed by atoms with Crippen molar-refractivity contribution in [1.29, 1.82) is 0 Å². The van der Waals surface area contributed by atoms with E-state index in [1.165, 1.54) is 25.3 Å². The Bertz CT molecular complexity index is 1020. The number of phenols is 1. The minimum absolute atomic E-state index is 0.0580. The highest BCUT2D eigenvalue weighted by atomic mass is 79.9. The minimum Gasteiger partial charge on any atom is -0.504 e. The number of phenolic OH excluding ortho intramolecular Hbond substituents is 1. The molecule has 1 aliphatic rings. The molecule has 0 aromatic heterocycles. The molecule has 2 N–H and O–H groups in total. The molecule has 0 aliphatic carbocycles. The van der Waals surface area contributed by atoms with Gasteiger partial charge in [0.1, 0.15) is 6.54 Å². The second kappa shape index (κ2) is 8.71. The lowest BCUT2D eigenvalue weighted by atomic mass is 10.2. The van der Waals surface area contributed by atoms with Crippen LogP contribution in [-0.2, 0) is 9.59 Å². The van der Waals surface area contributed by atoms with Crippen LogP contribution in [0.15, 0.2) is 45.8 Å². The number of nitrogens with one attached hydrogen (secondary N) is 1. The number of anilines is 1. The van der Waals surface area contributed by atoms with Crippen molar-refractivity contribution in [2.24, 2.45) is 0 Å². The molecule has 0 bridgehead atoms. The molecule has 0 spiro atoms. The van der Waals surface area contributed by atoms with Crippen LogP contribution in [0.5, 0.6) is 11.5 Å². The topological polar surface area (TPSA) is 95.9 Å². The van der Waals surface area contributed by atoms with Gasteiger partial charge < -0.3 is 15.2 Å². The summed E-state index contributed by atoms with van der Waals surface area (Å²) in [4.78, 5) is 38.2. The average Bonchev–Trinajstić information content (AvgIpc) is 2.93. The normalized spacial score (nSPS) is 15.1. The van der Waals surface area contributed by atoms with E-state index in [0.29, 0.717) is 15.7 Å². The lowest BCUT2D eigenvalue weighted by molar-refractivity contribution is -0.127. The SMILES string of the molecule is COc1cc(C=C2SC(=O)N(CC(=O)Nc3ccc(C)cc3)C2=O)c(Br)cc1O. The summed E-state index contributed by atoms with van der Waals surface area (Å²) in [6.07, 6.45) is 1.51. The first-order valence-electron chi connectivity index (χ1n) is 8.47. The van der Waals surface area contributed by atoms with Crippen molar-refractivity contribution in [1.82, 2.24) is 4.90 Å². The maximum absolute atomic E-state index is 12.6. The summed E-state index contributed by atoms with van der Waals surface area (Å²) in [6, 6.07) is 10.2. The number of nitrogens with zero attached hydrogens (tertiary/aromatic N) is 1. The van der Waals surface area contributed by atoms with Gasteiger partial charge in [0.25, 0.3) is 11.1 Å². The molecule has 9 heteroatoms. The Hall–Kier alpha value is -2.78. The standard InChI is InChI=1S/C20H17BrN2O5S/c1-11-3-5-13(6-4-11)22-18(25)10-23-19(26)17(29-20(23)27)8-12-7-16(28-2)15(24)9-14(12)21/h3-9,24H,10H2,1-2H3,(H,22,25). The number of aryl methyl sites for hydroxylation is 1. The zero-order valence-corrected chi connectivity index (χ0v) is 18.0. The van der Waals surface area contributed by atoms with E-state index in [2.05, 4.69) is 21.2 Å². The average molecular weight is 477 g/mol. The number of hydrogen-bond acceptors (Lipinski definition) is 6. The van der Waals surface area contributed by atoms with Crippen LogP contribution in [0.25, 0.3) is 6.08 Å². The van der Waals surface area contributed by atoms with Gasteiger partial charge in [0.05, 0.1) is 12.0 Å². The summed E-state index contributed by atoms with van der Waals surface area (Å²) in [6.45, 7) is 1.55. The van der Waals surface area contributed by atoms with Gasteiger partial charge in [-0.05, 0) is 54.6 Å². The summed E-state index contributed by atoms with van der Waals surface area (Å²) in [7, 11) is 1.41. The van der Waals surface area contributed by atoms with Gasteiger partial charge in [0, 0.05) is 10.2 Å². The molecule has 1 aliphatic heterocycles. The number of ether oxygens (including phenoxy) is 1. The Balaban J connectivity index is 1.75. The molecule has 2 aromatic carbocycles. The van der Waals surface area contributed by atoms with Gasteiger partial charge in [-0.3, -0.25) is 19.3 Å². The monoisotopic (exact) mass is 476 g/mol. The second-order valence-electron chi connectivity index (χ2n) is 6.23. The van der Waals surface area contributed by atoms with Crippen molar-refractivity contribution < 1.29 is 24.2 Å². The fraction of sp³-hybridized carbons (Fsp3) is 0.150. The predicted octanol–water partition coefficient (Wildman–Crippen LogP) is 4.15. The highest BCUT2D eigenvalue weighted by molar-refractivity contribution is 9.10. The number of hydrogen-bond donors (Lipinski definition) is 2. The smallest absolute Gasteiger partial charge is 0.294 e.